The van der Waals surface area contributed by atoms with Gasteiger partial charge in [-0.2, -0.15) is 0 Å². The Kier molecular flexibility index (Phi) is 5.00. The maximum absolute atomic E-state index is 5.95. The quantitative estimate of drug-likeness (QED) is 0.586. The second-order valence-corrected chi connectivity index (χ2v) is 6.96. The molecule has 1 aromatic carbocycles. The van der Waals surface area contributed by atoms with Crippen LogP contribution in [0.1, 0.15) is 19.3 Å². The van der Waals surface area contributed by atoms with Crippen molar-refractivity contribution in [2.75, 3.05) is 19.0 Å². The van der Waals surface area contributed by atoms with Crippen LogP contribution >= 0.6 is 47.8 Å². The Morgan fingerprint density at radius 3 is 2.28 bits per heavy atom. The SMILES string of the molecule is COc1cc(Br)c(OCC2(CBr)CCC2)cc1Br. The van der Waals surface area contributed by atoms with Gasteiger partial charge in [-0.25, -0.2) is 0 Å². The maximum Gasteiger partial charge on any atom is 0.134 e. The molecule has 2 nitrogen and oxygen atoms in total. The Morgan fingerprint density at radius 2 is 1.78 bits per heavy atom. The van der Waals surface area contributed by atoms with Gasteiger partial charge in [-0.1, -0.05) is 22.4 Å². The summed E-state index contributed by atoms with van der Waals surface area (Å²) in [5.41, 5.74) is 0.325. The number of rotatable bonds is 5. The number of hydrogen-bond acceptors (Lipinski definition) is 2. The Hall–Kier alpha value is 0.260. The average Bonchev–Trinajstić information content (AvgIpc) is 2.32. The fourth-order valence-electron chi connectivity index (χ4n) is 2.00. The number of alkyl halides is 1. The first-order chi connectivity index (χ1) is 8.60. The maximum atomic E-state index is 5.95. The van der Waals surface area contributed by atoms with E-state index in [4.69, 9.17) is 9.47 Å². The molecular formula is C13H15Br3O2. The van der Waals surface area contributed by atoms with E-state index in [2.05, 4.69) is 47.8 Å². The molecule has 0 radical (unpaired) electrons. The minimum Gasteiger partial charge on any atom is -0.496 e. The van der Waals surface area contributed by atoms with Crippen LogP contribution < -0.4 is 9.47 Å². The molecule has 0 atom stereocenters. The highest BCUT2D eigenvalue weighted by molar-refractivity contribution is 9.11. The molecule has 0 spiro atoms. The Balaban J connectivity index is 2.07. The van der Waals surface area contributed by atoms with E-state index < -0.39 is 0 Å². The number of benzene rings is 1. The van der Waals surface area contributed by atoms with Crippen LogP contribution in [-0.2, 0) is 0 Å². The molecule has 0 bridgehead atoms. The molecule has 1 saturated carbocycles. The number of hydrogen-bond donors (Lipinski definition) is 0. The van der Waals surface area contributed by atoms with Crippen molar-refractivity contribution in [3.63, 3.8) is 0 Å². The number of methoxy groups -OCH3 is 1. The van der Waals surface area contributed by atoms with Crippen molar-refractivity contribution in [1.82, 2.24) is 0 Å². The standard InChI is InChI=1S/C13H15Br3O2/c1-17-11-5-10(16)12(6-9(11)15)18-8-13(7-14)3-2-4-13/h5-6H,2-4,7-8H2,1H3. The Bertz CT molecular complexity index is 425. The van der Waals surface area contributed by atoms with Crippen molar-refractivity contribution < 1.29 is 9.47 Å². The lowest BCUT2D eigenvalue weighted by atomic mass is 9.71. The molecule has 0 N–H and O–H groups in total. The Morgan fingerprint density at radius 1 is 1.17 bits per heavy atom. The average molecular weight is 443 g/mol. The van der Waals surface area contributed by atoms with E-state index in [1.807, 2.05) is 12.1 Å². The summed E-state index contributed by atoms with van der Waals surface area (Å²) in [4.78, 5) is 0. The van der Waals surface area contributed by atoms with Gasteiger partial charge in [-0.15, -0.1) is 0 Å². The summed E-state index contributed by atoms with van der Waals surface area (Å²) < 4.78 is 13.0. The fourth-order valence-corrected chi connectivity index (χ4v) is 3.65. The van der Waals surface area contributed by atoms with Crippen LogP contribution in [0.4, 0.5) is 0 Å². The molecule has 0 unspecified atom stereocenters. The zero-order valence-corrected chi connectivity index (χ0v) is 14.9. The lowest BCUT2D eigenvalue weighted by Crippen LogP contribution is -2.37. The molecule has 100 valence electrons. The van der Waals surface area contributed by atoms with E-state index in [9.17, 15) is 0 Å². The fraction of sp³-hybridized carbons (Fsp3) is 0.538. The summed E-state index contributed by atoms with van der Waals surface area (Å²) in [7, 11) is 1.65. The van der Waals surface area contributed by atoms with Crippen LogP contribution in [0.15, 0.2) is 21.1 Å². The lowest BCUT2D eigenvalue weighted by Gasteiger charge is -2.40. The molecule has 0 saturated heterocycles. The van der Waals surface area contributed by atoms with Crippen LogP contribution in [0.3, 0.4) is 0 Å². The molecule has 1 aliphatic carbocycles. The van der Waals surface area contributed by atoms with Crippen LogP contribution in [0.25, 0.3) is 0 Å². The van der Waals surface area contributed by atoms with Crippen LogP contribution in [-0.4, -0.2) is 19.0 Å². The molecule has 5 heteroatoms. The van der Waals surface area contributed by atoms with Crippen molar-refractivity contribution in [3.8, 4) is 11.5 Å². The van der Waals surface area contributed by atoms with Gasteiger partial charge in [0.1, 0.15) is 11.5 Å². The smallest absolute Gasteiger partial charge is 0.134 e. The van der Waals surface area contributed by atoms with Gasteiger partial charge in [0.15, 0.2) is 0 Å². The van der Waals surface area contributed by atoms with Crippen molar-refractivity contribution in [2.24, 2.45) is 5.41 Å². The predicted octanol–water partition coefficient (Wildman–Crippen LogP) is 5.16. The first kappa shape index (κ1) is 14.7. The van der Waals surface area contributed by atoms with E-state index >= 15 is 0 Å². The minimum absolute atomic E-state index is 0.325. The zero-order valence-electron chi connectivity index (χ0n) is 10.1. The minimum atomic E-state index is 0.325. The first-order valence-electron chi connectivity index (χ1n) is 5.82. The van der Waals surface area contributed by atoms with Crippen LogP contribution in [0.2, 0.25) is 0 Å². The molecule has 1 aliphatic rings. The highest BCUT2D eigenvalue weighted by Gasteiger charge is 2.36. The van der Waals surface area contributed by atoms with E-state index in [1.165, 1.54) is 19.3 Å². The molecule has 1 aromatic rings. The third-order valence-corrected chi connectivity index (χ3v) is 5.87. The van der Waals surface area contributed by atoms with E-state index in [0.29, 0.717) is 5.41 Å². The number of halogens is 3. The summed E-state index contributed by atoms with van der Waals surface area (Å²) in [5.74, 6) is 1.66. The first-order valence-corrected chi connectivity index (χ1v) is 8.53. The largest absolute Gasteiger partial charge is 0.496 e. The van der Waals surface area contributed by atoms with Crippen molar-refractivity contribution >= 4 is 47.8 Å². The summed E-state index contributed by atoms with van der Waals surface area (Å²) >= 11 is 10.6. The van der Waals surface area contributed by atoms with Gasteiger partial charge in [0.05, 0.1) is 22.7 Å². The van der Waals surface area contributed by atoms with Gasteiger partial charge in [0, 0.05) is 10.7 Å². The van der Waals surface area contributed by atoms with Gasteiger partial charge in [0.25, 0.3) is 0 Å². The predicted molar refractivity (Wildman–Crippen MR) is 84.0 cm³/mol. The summed E-state index contributed by atoms with van der Waals surface area (Å²) in [6.07, 6.45) is 3.79. The molecule has 18 heavy (non-hydrogen) atoms. The molecule has 0 aliphatic heterocycles. The van der Waals surface area contributed by atoms with E-state index in [0.717, 1.165) is 32.4 Å². The molecule has 0 aromatic heterocycles. The summed E-state index contributed by atoms with van der Waals surface area (Å²) in [6.45, 7) is 0.760. The van der Waals surface area contributed by atoms with Gasteiger partial charge in [-0.05, 0) is 56.8 Å². The zero-order chi connectivity index (χ0) is 13.2. The van der Waals surface area contributed by atoms with E-state index in [1.54, 1.807) is 7.11 Å². The second-order valence-electron chi connectivity index (χ2n) is 4.69. The summed E-state index contributed by atoms with van der Waals surface area (Å²) in [6, 6.07) is 3.87. The second kappa shape index (κ2) is 6.14. The monoisotopic (exact) mass is 440 g/mol. The molecule has 2 rings (SSSR count). The van der Waals surface area contributed by atoms with Gasteiger partial charge in [-0.3, -0.25) is 0 Å². The molecular weight excluding hydrogens is 428 g/mol. The van der Waals surface area contributed by atoms with Crippen molar-refractivity contribution in [3.05, 3.63) is 21.1 Å². The van der Waals surface area contributed by atoms with Gasteiger partial charge in [0.2, 0.25) is 0 Å². The highest BCUT2D eigenvalue weighted by Crippen LogP contribution is 2.44. The topological polar surface area (TPSA) is 18.5 Å². The van der Waals surface area contributed by atoms with Crippen LogP contribution in [0, 0.1) is 5.41 Å². The molecule has 0 amide bonds. The number of ether oxygens (including phenoxy) is 2. The lowest BCUT2D eigenvalue weighted by molar-refractivity contribution is 0.0833. The van der Waals surface area contributed by atoms with Crippen molar-refractivity contribution in [2.45, 2.75) is 19.3 Å². The van der Waals surface area contributed by atoms with Crippen molar-refractivity contribution in [1.29, 1.82) is 0 Å². The normalized spacial score (nSPS) is 17.1. The third-order valence-electron chi connectivity index (χ3n) is 3.44. The Labute approximate surface area is 133 Å². The molecule has 0 heterocycles. The van der Waals surface area contributed by atoms with Gasteiger partial charge < -0.3 is 9.47 Å². The van der Waals surface area contributed by atoms with Gasteiger partial charge >= 0.3 is 0 Å². The highest BCUT2D eigenvalue weighted by atomic mass is 79.9. The summed E-state index contributed by atoms with van der Waals surface area (Å²) in [5, 5.41) is 1.01. The van der Waals surface area contributed by atoms with Crippen LogP contribution in [0.5, 0.6) is 11.5 Å². The third kappa shape index (κ3) is 3.05. The van der Waals surface area contributed by atoms with E-state index in [-0.39, 0.29) is 0 Å². The molecule has 1 fully saturated rings.